The summed E-state index contributed by atoms with van der Waals surface area (Å²) in [6.07, 6.45) is 0. The lowest BCUT2D eigenvalue weighted by molar-refractivity contribution is 0.0199. The molecule has 0 bridgehead atoms. The van der Waals surface area contributed by atoms with Crippen LogP contribution in [0.2, 0.25) is 0 Å². The number of methoxy groups -OCH3 is 1. The lowest BCUT2D eigenvalue weighted by Gasteiger charge is -2.32. The second-order valence-corrected chi connectivity index (χ2v) is 4.13. The van der Waals surface area contributed by atoms with Crippen LogP contribution in [0.25, 0.3) is 0 Å². The molecule has 2 unspecified atom stereocenters. The first-order valence-corrected chi connectivity index (χ1v) is 5.63. The van der Waals surface area contributed by atoms with Gasteiger partial charge in [-0.25, -0.2) is 0 Å². The van der Waals surface area contributed by atoms with E-state index >= 15 is 0 Å². The van der Waals surface area contributed by atoms with Gasteiger partial charge in [0.15, 0.2) is 0 Å². The van der Waals surface area contributed by atoms with Crippen LogP contribution in [0, 0.1) is 0 Å². The van der Waals surface area contributed by atoms with Crippen molar-refractivity contribution >= 4 is 0 Å². The monoisotopic (exact) mass is 223 g/mol. The average Bonchev–Trinajstić information content (AvgIpc) is 2.29. The number of para-hydroxylation sites is 1. The van der Waals surface area contributed by atoms with Crippen molar-refractivity contribution in [3.63, 3.8) is 0 Å². The summed E-state index contributed by atoms with van der Waals surface area (Å²) in [4.78, 5) is 0. The van der Waals surface area contributed by atoms with Gasteiger partial charge >= 0.3 is 0 Å². The van der Waals surface area contributed by atoms with Gasteiger partial charge in [0.25, 0.3) is 0 Å². The third-order valence-electron chi connectivity index (χ3n) is 3.01. The molecular weight excluding hydrogens is 202 g/mol. The molecule has 0 aliphatic carbocycles. The van der Waals surface area contributed by atoms with Crippen LogP contribution in [0.4, 0.5) is 0 Å². The number of ether oxygens (including phenoxy) is 1. The van der Waals surface area contributed by atoms with Crippen LogP contribution in [0.3, 0.4) is 0 Å². The van der Waals surface area contributed by atoms with Crippen molar-refractivity contribution in [2.24, 2.45) is 0 Å². The molecule has 1 aromatic rings. The van der Waals surface area contributed by atoms with Gasteiger partial charge in [-0.2, -0.15) is 0 Å². The Labute approximate surface area is 97.4 Å². The van der Waals surface area contributed by atoms with Gasteiger partial charge in [-0.3, -0.25) is 0 Å². The highest BCUT2D eigenvalue weighted by atomic mass is 16.5. The minimum Gasteiger partial charge on any atom is -0.496 e. The van der Waals surface area contributed by atoms with Crippen molar-refractivity contribution in [3.8, 4) is 5.75 Å². The summed E-state index contributed by atoms with van der Waals surface area (Å²) < 4.78 is 5.27. The molecule has 0 amide bonds. The second-order valence-electron chi connectivity index (χ2n) is 4.13. The van der Waals surface area contributed by atoms with E-state index in [1.807, 2.05) is 38.1 Å². The van der Waals surface area contributed by atoms with Gasteiger partial charge in [-0.1, -0.05) is 25.1 Å². The smallest absolute Gasteiger partial charge is 0.124 e. The van der Waals surface area contributed by atoms with E-state index in [9.17, 15) is 5.11 Å². The number of nitrogens with one attached hydrogen (secondary N) is 1. The van der Waals surface area contributed by atoms with Gasteiger partial charge < -0.3 is 15.2 Å². The molecule has 2 atom stereocenters. The number of rotatable bonds is 5. The SMILES string of the molecule is CCNC(C)C(C)(O)c1ccccc1OC. The second kappa shape index (κ2) is 5.32. The van der Waals surface area contributed by atoms with E-state index in [4.69, 9.17) is 4.74 Å². The van der Waals surface area contributed by atoms with Crippen LogP contribution in [-0.4, -0.2) is 24.8 Å². The number of hydrogen-bond acceptors (Lipinski definition) is 3. The summed E-state index contributed by atoms with van der Waals surface area (Å²) in [5.74, 6) is 0.720. The zero-order valence-electron chi connectivity index (χ0n) is 10.4. The molecule has 0 aliphatic heterocycles. The van der Waals surface area contributed by atoms with Gasteiger partial charge in [0.1, 0.15) is 11.4 Å². The van der Waals surface area contributed by atoms with E-state index in [0.29, 0.717) is 0 Å². The van der Waals surface area contributed by atoms with E-state index in [2.05, 4.69) is 5.32 Å². The molecule has 0 heterocycles. The first-order chi connectivity index (χ1) is 7.54. The maximum Gasteiger partial charge on any atom is 0.124 e. The van der Waals surface area contributed by atoms with Crippen molar-refractivity contribution in [2.45, 2.75) is 32.4 Å². The fourth-order valence-corrected chi connectivity index (χ4v) is 1.80. The highest BCUT2D eigenvalue weighted by Crippen LogP contribution is 2.32. The maximum absolute atomic E-state index is 10.6. The summed E-state index contributed by atoms with van der Waals surface area (Å²) in [5.41, 5.74) is -0.131. The predicted octanol–water partition coefficient (Wildman–Crippen LogP) is 1.90. The normalized spacial score (nSPS) is 16.6. The minimum absolute atomic E-state index is 0.0335. The fourth-order valence-electron chi connectivity index (χ4n) is 1.80. The Kier molecular flexibility index (Phi) is 4.33. The lowest BCUT2D eigenvalue weighted by Crippen LogP contribution is -2.44. The molecule has 2 N–H and O–H groups in total. The zero-order valence-corrected chi connectivity index (χ0v) is 10.4. The largest absolute Gasteiger partial charge is 0.496 e. The van der Waals surface area contributed by atoms with Crippen LogP contribution in [-0.2, 0) is 5.60 Å². The molecule has 0 fully saturated rings. The maximum atomic E-state index is 10.6. The molecule has 90 valence electrons. The predicted molar refractivity (Wildman–Crippen MR) is 65.7 cm³/mol. The van der Waals surface area contributed by atoms with E-state index in [-0.39, 0.29) is 6.04 Å². The summed E-state index contributed by atoms with van der Waals surface area (Å²) in [6.45, 7) is 6.62. The van der Waals surface area contributed by atoms with Crippen LogP contribution >= 0.6 is 0 Å². The highest BCUT2D eigenvalue weighted by Gasteiger charge is 2.32. The third-order valence-corrected chi connectivity index (χ3v) is 3.01. The molecule has 0 aromatic heterocycles. The van der Waals surface area contributed by atoms with Gasteiger partial charge in [0, 0.05) is 11.6 Å². The minimum atomic E-state index is -0.942. The third kappa shape index (κ3) is 2.54. The average molecular weight is 223 g/mol. The van der Waals surface area contributed by atoms with Crippen LogP contribution < -0.4 is 10.1 Å². The number of likely N-dealkylation sites (N-methyl/N-ethyl adjacent to an activating group) is 1. The lowest BCUT2D eigenvalue weighted by atomic mass is 9.88. The Bertz CT molecular complexity index is 336. The molecule has 0 spiro atoms. The van der Waals surface area contributed by atoms with Crippen LogP contribution in [0.15, 0.2) is 24.3 Å². The Morgan fingerprint density at radius 1 is 1.44 bits per heavy atom. The summed E-state index contributed by atoms with van der Waals surface area (Å²) in [6, 6.07) is 7.53. The van der Waals surface area contributed by atoms with Crippen molar-refractivity contribution in [1.82, 2.24) is 5.32 Å². The Hall–Kier alpha value is -1.06. The molecule has 0 saturated heterocycles. The molecule has 1 aromatic carbocycles. The Morgan fingerprint density at radius 2 is 2.06 bits per heavy atom. The first kappa shape index (κ1) is 13.0. The summed E-state index contributed by atoms with van der Waals surface area (Å²) >= 11 is 0. The van der Waals surface area contributed by atoms with Gasteiger partial charge in [-0.05, 0) is 26.5 Å². The van der Waals surface area contributed by atoms with Gasteiger partial charge in [0.2, 0.25) is 0 Å². The summed E-state index contributed by atoms with van der Waals surface area (Å²) in [7, 11) is 1.62. The highest BCUT2D eigenvalue weighted by molar-refractivity contribution is 5.38. The molecule has 3 nitrogen and oxygen atoms in total. The van der Waals surface area contributed by atoms with Gasteiger partial charge in [0.05, 0.1) is 7.11 Å². The quantitative estimate of drug-likeness (QED) is 0.801. The topological polar surface area (TPSA) is 41.5 Å². The first-order valence-electron chi connectivity index (χ1n) is 5.63. The van der Waals surface area contributed by atoms with E-state index in [1.54, 1.807) is 14.0 Å². The molecule has 0 aliphatic rings. The Morgan fingerprint density at radius 3 is 2.62 bits per heavy atom. The van der Waals surface area contributed by atoms with E-state index in [1.165, 1.54) is 0 Å². The fraction of sp³-hybridized carbons (Fsp3) is 0.538. The standard InChI is InChI=1S/C13H21NO2/c1-5-14-10(2)13(3,15)11-8-6-7-9-12(11)16-4/h6-10,14-15H,5H2,1-4H3. The van der Waals surface area contributed by atoms with E-state index < -0.39 is 5.60 Å². The van der Waals surface area contributed by atoms with Gasteiger partial charge in [-0.15, -0.1) is 0 Å². The molecule has 3 heteroatoms. The number of aliphatic hydroxyl groups is 1. The molecule has 0 saturated carbocycles. The van der Waals surface area contributed by atoms with Crippen molar-refractivity contribution in [3.05, 3.63) is 29.8 Å². The van der Waals surface area contributed by atoms with Crippen LogP contribution in [0.5, 0.6) is 5.75 Å². The van der Waals surface area contributed by atoms with E-state index in [0.717, 1.165) is 17.9 Å². The molecule has 16 heavy (non-hydrogen) atoms. The molecule has 1 rings (SSSR count). The number of benzene rings is 1. The summed E-state index contributed by atoms with van der Waals surface area (Å²) in [5, 5.41) is 13.8. The molecular formula is C13H21NO2. The number of hydrogen-bond donors (Lipinski definition) is 2. The Balaban J connectivity index is 3.05. The zero-order chi connectivity index (χ0) is 12.2. The van der Waals surface area contributed by atoms with Crippen LogP contribution in [0.1, 0.15) is 26.3 Å². The van der Waals surface area contributed by atoms with Crippen molar-refractivity contribution in [1.29, 1.82) is 0 Å². The molecule has 0 radical (unpaired) electrons. The van der Waals surface area contributed by atoms with Crippen molar-refractivity contribution < 1.29 is 9.84 Å². The van der Waals surface area contributed by atoms with Crippen molar-refractivity contribution in [2.75, 3.05) is 13.7 Å².